The van der Waals surface area contributed by atoms with Gasteiger partial charge in [0.15, 0.2) is 5.82 Å². The highest BCUT2D eigenvalue weighted by Gasteiger charge is 2.17. The van der Waals surface area contributed by atoms with Gasteiger partial charge >= 0.3 is 5.97 Å². The number of nitrogens with zero attached hydrogens (tertiary/aromatic N) is 2. The fourth-order valence-electron chi connectivity index (χ4n) is 2.60. The molecule has 0 aliphatic carbocycles. The van der Waals surface area contributed by atoms with Crippen LogP contribution in [-0.2, 0) is 16.1 Å². The molecule has 1 amide bonds. The number of benzene rings is 2. The smallest absolute Gasteiger partial charge is 0.337 e. The van der Waals surface area contributed by atoms with Crippen LogP contribution in [0.15, 0.2) is 53.7 Å². The molecule has 0 radical (unpaired) electrons. The van der Waals surface area contributed by atoms with Gasteiger partial charge in [-0.25, -0.2) is 9.78 Å². The lowest BCUT2D eigenvalue weighted by Gasteiger charge is -2.10. The molecule has 3 aromatic rings. The molecular weight excluding hydrogens is 404 g/mol. The largest absolute Gasteiger partial charge is 0.497 e. The molecule has 0 bridgehead atoms. The maximum Gasteiger partial charge on any atom is 0.337 e. The van der Waals surface area contributed by atoms with E-state index in [-0.39, 0.29) is 11.2 Å². The van der Waals surface area contributed by atoms with Crippen molar-refractivity contribution >= 4 is 23.6 Å². The summed E-state index contributed by atoms with van der Waals surface area (Å²) in [5.41, 5.74) is 2.23. The van der Waals surface area contributed by atoms with E-state index in [0.717, 1.165) is 16.9 Å². The van der Waals surface area contributed by atoms with E-state index in [1.807, 2.05) is 24.3 Å². The topological polar surface area (TPSA) is 106 Å². The number of nitrogens with one attached hydrogen (secondary N) is 2. The van der Waals surface area contributed by atoms with E-state index in [0.29, 0.717) is 23.1 Å². The van der Waals surface area contributed by atoms with Crippen molar-refractivity contribution in [1.29, 1.82) is 0 Å². The number of rotatable bonds is 8. The van der Waals surface area contributed by atoms with Crippen molar-refractivity contribution in [2.75, 3.05) is 14.2 Å². The Kier molecular flexibility index (Phi) is 7.08. The molecule has 1 aromatic heterocycles. The molecule has 2 N–H and O–H groups in total. The predicted octanol–water partition coefficient (Wildman–Crippen LogP) is 3.06. The highest BCUT2D eigenvalue weighted by molar-refractivity contribution is 8.00. The van der Waals surface area contributed by atoms with Crippen LogP contribution in [0.2, 0.25) is 0 Å². The third kappa shape index (κ3) is 5.38. The number of H-pyrrole nitrogens is 1. The van der Waals surface area contributed by atoms with Crippen LogP contribution in [0.1, 0.15) is 22.8 Å². The van der Waals surface area contributed by atoms with Crippen molar-refractivity contribution in [2.24, 2.45) is 0 Å². The van der Waals surface area contributed by atoms with E-state index in [1.54, 1.807) is 38.3 Å². The highest BCUT2D eigenvalue weighted by Crippen LogP contribution is 2.24. The Balaban J connectivity index is 1.53. The molecule has 9 heteroatoms. The highest BCUT2D eigenvalue weighted by atomic mass is 32.2. The van der Waals surface area contributed by atoms with Gasteiger partial charge in [0.05, 0.1) is 25.0 Å². The first-order valence-electron chi connectivity index (χ1n) is 9.18. The predicted molar refractivity (Wildman–Crippen MR) is 113 cm³/mol. The monoisotopic (exact) mass is 426 g/mol. The zero-order valence-electron chi connectivity index (χ0n) is 16.8. The fraction of sp³-hybridized carbons (Fsp3) is 0.238. The third-order valence-corrected chi connectivity index (χ3v) is 5.28. The first-order chi connectivity index (χ1) is 14.5. The minimum atomic E-state index is -0.392. The number of thioether (sulfide) groups is 1. The number of carbonyl (C=O) groups is 2. The molecule has 0 spiro atoms. The van der Waals surface area contributed by atoms with Crippen LogP contribution in [0, 0.1) is 0 Å². The molecule has 0 saturated carbocycles. The number of amides is 1. The molecule has 1 atom stereocenters. The van der Waals surface area contributed by atoms with Gasteiger partial charge in [0.1, 0.15) is 5.75 Å². The number of aromatic nitrogens is 3. The van der Waals surface area contributed by atoms with Crippen molar-refractivity contribution in [3.63, 3.8) is 0 Å². The number of hydrogen-bond acceptors (Lipinski definition) is 7. The number of hydrogen-bond donors (Lipinski definition) is 2. The Hall–Kier alpha value is -3.33. The van der Waals surface area contributed by atoms with Gasteiger partial charge in [0, 0.05) is 12.1 Å². The minimum Gasteiger partial charge on any atom is -0.497 e. The van der Waals surface area contributed by atoms with Crippen LogP contribution in [0.4, 0.5) is 0 Å². The molecule has 8 nitrogen and oxygen atoms in total. The van der Waals surface area contributed by atoms with Gasteiger partial charge < -0.3 is 14.8 Å². The molecular formula is C21H22N4O4S. The Morgan fingerprint density at radius 3 is 2.43 bits per heavy atom. The summed E-state index contributed by atoms with van der Waals surface area (Å²) in [6, 6.07) is 14.4. The maximum atomic E-state index is 12.4. The zero-order valence-corrected chi connectivity index (χ0v) is 17.7. The number of ether oxygens (including phenoxy) is 2. The molecule has 1 unspecified atom stereocenters. The quantitative estimate of drug-likeness (QED) is 0.421. The lowest BCUT2D eigenvalue weighted by Crippen LogP contribution is -2.30. The lowest BCUT2D eigenvalue weighted by molar-refractivity contribution is -0.120. The fourth-order valence-corrected chi connectivity index (χ4v) is 3.35. The molecule has 2 aromatic carbocycles. The van der Waals surface area contributed by atoms with Crippen LogP contribution < -0.4 is 10.1 Å². The average molecular weight is 426 g/mol. The molecule has 30 heavy (non-hydrogen) atoms. The number of esters is 1. The standard InChI is InChI=1S/C21H22N4O4S/c1-13(19(26)22-12-14-4-6-16(7-5-14)20(27)29-3)30-21-23-18(24-25-21)15-8-10-17(28-2)11-9-15/h4-11,13H,12H2,1-3H3,(H,22,26)(H,23,24,25). The summed E-state index contributed by atoms with van der Waals surface area (Å²) in [7, 11) is 2.95. The number of aromatic amines is 1. The summed E-state index contributed by atoms with van der Waals surface area (Å²) in [6.45, 7) is 2.15. The third-order valence-electron chi connectivity index (χ3n) is 4.32. The van der Waals surface area contributed by atoms with Gasteiger partial charge in [-0.2, -0.15) is 0 Å². The average Bonchev–Trinajstić information content (AvgIpc) is 3.25. The normalized spacial score (nSPS) is 11.6. The second kappa shape index (κ2) is 9.93. The summed E-state index contributed by atoms with van der Waals surface area (Å²) < 4.78 is 9.82. The van der Waals surface area contributed by atoms with E-state index in [4.69, 9.17) is 4.74 Å². The maximum absolute atomic E-state index is 12.4. The molecule has 156 valence electrons. The summed E-state index contributed by atoms with van der Waals surface area (Å²) in [6.07, 6.45) is 0. The second-order valence-electron chi connectivity index (χ2n) is 6.36. The van der Waals surface area contributed by atoms with Crippen molar-refractivity contribution in [3.8, 4) is 17.1 Å². The number of carbonyl (C=O) groups excluding carboxylic acids is 2. The second-order valence-corrected chi connectivity index (χ2v) is 7.67. The van der Waals surface area contributed by atoms with Crippen molar-refractivity contribution < 1.29 is 19.1 Å². The SMILES string of the molecule is COC(=O)c1ccc(CNC(=O)C(C)Sc2n[nH]c(-c3ccc(OC)cc3)n2)cc1. The van der Waals surface area contributed by atoms with E-state index in [9.17, 15) is 9.59 Å². The van der Waals surface area contributed by atoms with E-state index in [1.165, 1.54) is 18.9 Å². The van der Waals surface area contributed by atoms with Crippen LogP contribution >= 0.6 is 11.8 Å². The van der Waals surface area contributed by atoms with E-state index in [2.05, 4.69) is 25.2 Å². The lowest BCUT2D eigenvalue weighted by atomic mass is 10.1. The first-order valence-corrected chi connectivity index (χ1v) is 10.1. The van der Waals surface area contributed by atoms with Gasteiger partial charge in [-0.1, -0.05) is 23.9 Å². The van der Waals surface area contributed by atoms with Crippen LogP contribution in [0.25, 0.3) is 11.4 Å². The van der Waals surface area contributed by atoms with Crippen LogP contribution in [0.3, 0.4) is 0 Å². The molecule has 0 aliphatic heterocycles. The van der Waals surface area contributed by atoms with Gasteiger partial charge in [0.2, 0.25) is 11.1 Å². The van der Waals surface area contributed by atoms with Gasteiger partial charge in [0.25, 0.3) is 0 Å². The molecule has 3 rings (SSSR count). The Morgan fingerprint density at radius 1 is 1.10 bits per heavy atom. The minimum absolute atomic E-state index is 0.132. The van der Waals surface area contributed by atoms with Crippen LogP contribution in [-0.4, -0.2) is 46.5 Å². The molecule has 0 fully saturated rings. The van der Waals surface area contributed by atoms with Crippen molar-refractivity contribution in [1.82, 2.24) is 20.5 Å². The Labute approximate surface area is 178 Å². The van der Waals surface area contributed by atoms with E-state index < -0.39 is 5.97 Å². The summed E-state index contributed by atoms with van der Waals surface area (Å²) in [4.78, 5) is 28.3. The Bertz CT molecular complexity index is 1000. The number of methoxy groups -OCH3 is 2. The van der Waals surface area contributed by atoms with Crippen molar-refractivity contribution in [2.45, 2.75) is 23.9 Å². The van der Waals surface area contributed by atoms with Gasteiger partial charge in [-0.15, -0.1) is 5.10 Å². The van der Waals surface area contributed by atoms with Gasteiger partial charge in [-0.3, -0.25) is 9.89 Å². The Morgan fingerprint density at radius 2 is 1.80 bits per heavy atom. The molecule has 0 saturated heterocycles. The molecule has 1 heterocycles. The van der Waals surface area contributed by atoms with Crippen LogP contribution in [0.5, 0.6) is 5.75 Å². The van der Waals surface area contributed by atoms with Gasteiger partial charge in [-0.05, 0) is 48.9 Å². The summed E-state index contributed by atoms with van der Waals surface area (Å²) in [5, 5.41) is 10.1. The van der Waals surface area contributed by atoms with E-state index >= 15 is 0 Å². The first kappa shape index (κ1) is 21.4. The summed E-state index contributed by atoms with van der Waals surface area (Å²) in [5.74, 6) is 0.862. The zero-order chi connectivity index (χ0) is 21.5. The summed E-state index contributed by atoms with van der Waals surface area (Å²) >= 11 is 1.27. The molecule has 0 aliphatic rings. The van der Waals surface area contributed by atoms with Crippen molar-refractivity contribution in [3.05, 3.63) is 59.7 Å².